The van der Waals surface area contributed by atoms with E-state index in [1.165, 1.54) is 6.42 Å². The first kappa shape index (κ1) is 13.3. The molecule has 2 fully saturated rings. The van der Waals surface area contributed by atoms with E-state index in [0.29, 0.717) is 26.2 Å². The van der Waals surface area contributed by atoms with Crippen LogP contribution >= 0.6 is 15.9 Å². The van der Waals surface area contributed by atoms with E-state index in [1.807, 2.05) is 4.90 Å². The van der Waals surface area contributed by atoms with Gasteiger partial charge in [-0.25, -0.2) is 0 Å². The normalized spacial score (nSPS) is 27.6. The van der Waals surface area contributed by atoms with Crippen molar-refractivity contribution in [3.05, 3.63) is 0 Å². The van der Waals surface area contributed by atoms with Crippen molar-refractivity contribution in [2.45, 2.75) is 37.3 Å². The summed E-state index contributed by atoms with van der Waals surface area (Å²) in [5.41, 5.74) is -0.174. The number of hydrogen-bond acceptors (Lipinski definition) is 3. The van der Waals surface area contributed by atoms with E-state index >= 15 is 0 Å². The third kappa shape index (κ3) is 2.83. The monoisotopic (exact) mass is 305 g/mol. The number of carbonyl (C=O) groups is 1. The number of methoxy groups -OCH3 is 1. The van der Waals surface area contributed by atoms with Gasteiger partial charge in [-0.2, -0.15) is 0 Å². The number of alkyl halides is 1. The molecule has 2 rings (SSSR count). The lowest BCUT2D eigenvalue weighted by atomic mass is 9.77. The van der Waals surface area contributed by atoms with Crippen molar-refractivity contribution in [2.24, 2.45) is 0 Å². The molecule has 0 aromatic carbocycles. The standard InChI is InChI=1S/C12H20BrNO3/c1-16-12(3-2-4-12)7-11(15)14-5-6-17-9-10(14)8-13/h10H,2-9H2,1H3. The Labute approximate surface area is 111 Å². The van der Waals surface area contributed by atoms with Gasteiger partial charge in [0.05, 0.1) is 31.3 Å². The molecule has 1 unspecified atom stereocenters. The van der Waals surface area contributed by atoms with Crippen molar-refractivity contribution in [1.82, 2.24) is 4.90 Å². The Bertz CT molecular complexity index is 275. The lowest BCUT2D eigenvalue weighted by Gasteiger charge is -2.43. The van der Waals surface area contributed by atoms with Crippen molar-refractivity contribution in [3.63, 3.8) is 0 Å². The van der Waals surface area contributed by atoms with Crippen molar-refractivity contribution >= 4 is 21.8 Å². The average Bonchev–Trinajstić information content (AvgIpc) is 2.33. The molecule has 0 N–H and O–H groups in total. The van der Waals surface area contributed by atoms with Gasteiger partial charge in [-0.1, -0.05) is 15.9 Å². The highest BCUT2D eigenvalue weighted by atomic mass is 79.9. The first-order chi connectivity index (χ1) is 8.21. The van der Waals surface area contributed by atoms with Gasteiger partial charge in [0, 0.05) is 19.0 Å². The third-order valence-electron chi connectivity index (χ3n) is 3.90. The highest BCUT2D eigenvalue weighted by Gasteiger charge is 2.41. The predicted molar refractivity (Wildman–Crippen MR) is 68.3 cm³/mol. The molecule has 0 bridgehead atoms. The summed E-state index contributed by atoms with van der Waals surface area (Å²) < 4.78 is 10.9. The van der Waals surface area contributed by atoms with Gasteiger partial charge in [-0.15, -0.1) is 0 Å². The van der Waals surface area contributed by atoms with Gasteiger partial charge in [0.15, 0.2) is 0 Å². The van der Waals surface area contributed by atoms with Crippen LogP contribution in [0.4, 0.5) is 0 Å². The van der Waals surface area contributed by atoms with Gasteiger partial charge in [0.2, 0.25) is 5.91 Å². The second kappa shape index (κ2) is 5.67. The summed E-state index contributed by atoms with van der Waals surface area (Å²) in [5, 5.41) is 0.777. The van der Waals surface area contributed by atoms with Crippen LogP contribution in [-0.4, -0.2) is 54.6 Å². The minimum absolute atomic E-state index is 0.172. The van der Waals surface area contributed by atoms with Gasteiger partial charge in [0.25, 0.3) is 0 Å². The number of rotatable bonds is 4. The van der Waals surface area contributed by atoms with Crippen molar-refractivity contribution in [1.29, 1.82) is 0 Å². The maximum Gasteiger partial charge on any atom is 0.225 e. The molecular formula is C12H20BrNO3. The van der Waals surface area contributed by atoms with Crippen LogP contribution in [0.2, 0.25) is 0 Å². The van der Waals surface area contributed by atoms with E-state index in [4.69, 9.17) is 9.47 Å². The maximum atomic E-state index is 12.3. The highest BCUT2D eigenvalue weighted by molar-refractivity contribution is 9.09. The molecule has 1 heterocycles. The van der Waals surface area contributed by atoms with Crippen LogP contribution in [0.25, 0.3) is 0 Å². The molecule has 5 heteroatoms. The minimum atomic E-state index is -0.174. The first-order valence-electron chi connectivity index (χ1n) is 6.19. The molecule has 1 atom stereocenters. The van der Waals surface area contributed by atoms with Gasteiger partial charge in [-0.3, -0.25) is 4.79 Å². The maximum absolute atomic E-state index is 12.3. The van der Waals surface area contributed by atoms with Crippen LogP contribution < -0.4 is 0 Å². The van der Waals surface area contributed by atoms with E-state index in [9.17, 15) is 4.79 Å². The Balaban J connectivity index is 1.93. The average molecular weight is 306 g/mol. The summed E-state index contributed by atoms with van der Waals surface area (Å²) in [6.07, 6.45) is 3.72. The zero-order valence-electron chi connectivity index (χ0n) is 10.3. The molecule has 1 aliphatic carbocycles. The fraction of sp³-hybridized carbons (Fsp3) is 0.917. The second-order valence-electron chi connectivity index (χ2n) is 4.89. The first-order valence-corrected chi connectivity index (χ1v) is 7.31. The van der Waals surface area contributed by atoms with E-state index < -0.39 is 0 Å². The molecule has 4 nitrogen and oxygen atoms in total. The minimum Gasteiger partial charge on any atom is -0.378 e. The Hall–Kier alpha value is -0.130. The summed E-state index contributed by atoms with van der Waals surface area (Å²) in [4.78, 5) is 14.2. The zero-order valence-corrected chi connectivity index (χ0v) is 11.9. The molecule has 1 saturated heterocycles. The summed E-state index contributed by atoms with van der Waals surface area (Å²) in [6, 6.07) is 0.172. The number of carbonyl (C=O) groups excluding carboxylic acids is 1. The number of amides is 1. The van der Waals surface area contributed by atoms with Gasteiger partial charge in [-0.05, 0) is 19.3 Å². The summed E-state index contributed by atoms with van der Waals surface area (Å²) in [6.45, 7) is 1.99. The third-order valence-corrected chi connectivity index (χ3v) is 4.64. The molecule has 1 amide bonds. The van der Waals surface area contributed by atoms with Crippen LogP contribution in [0, 0.1) is 0 Å². The molecule has 1 aliphatic heterocycles. The summed E-state index contributed by atoms with van der Waals surface area (Å²) in [7, 11) is 1.72. The van der Waals surface area contributed by atoms with E-state index in [2.05, 4.69) is 15.9 Å². The molecule has 2 aliphatic rings. The predicted octanol–water partition coefficient (Wildman–Crippen LogP) is 1.57. The van der Waals surface area contributed by atoms with E-state index in [-0.39, 0.29) is 17.6 Å². The summed E-state index contributed by atoms with van der Waals surface area (Å²) >= 11 is 3.44. The largest absolute Gasteiger partial charge is 0.378 e. The lowest BCUT2D eigenvalue weighted by molar-refractivity contribution is -0.151. The van der Waals surface area contributed by atoms with Crippen molar-refractivity contribution < 1.29 is 14.3 Å². The van der Waals surface area contributed by atoms with Crippen LogP contribution in [0.3, 0.4) is 0 Å². The van der Waals surface area contributed by atoms with Crippen LogP contribution in [0.5, 0.6) is 0 Å². The Morgan fingerprint density at radius 1 is 1.59 bits per heavy atom. The molecule has 98 valence electrons. The smallest absolute Gasteiger partial charge is 0.225 e. The number of hydrogen-bond donors (Lipinski definition) is 0. The molecule has 0 radical (unpaired) electrons. The van der Waals surface area contributed by atoms with E-state index in [1.54, 1.807) is 7.11 Å². The fourth-order valence-corrected chi connectivity index (χ4v) is 3.05. The van der Waals surface area contributed by atoms with Gasteiger partial charge < -0.3 is 14.4 Å². The van der Waals surface area contributed by atoms with Crippen LogP contribution in [-0.2, 0) is 14.3 Å². The van der Waals surface area contributed by atoms with Crippen molar-refractivity contribution in [2.75, 3.05) is 32.2 Å². The molecular weight excluding hydrogens is 286 g/mol. The Morgan fingerprint density at radius 3 is 2.88 bits per heavy atom. The molecule has 0 aromatic heterocycles. The quantitative estimate of drug-likeness (QED) is 0.740. The Morgan fingerprint density at radius 2 is 2.35 bits per heavy atom. The van der Waals surface area contributed by atoms with Gasteiger partial charge >= 0.3 is 0 Å². The van der Waals surface area contributed by atoms with Crippen LogP contribution in [0.1, 0.15) is 25.7 Å². The lowest BCUT2D eigenvalue weighted by Crippen LogP contribution is -2.53. The zero-order chi connectivity index (χ0) is 12.3. The van der Waals surface area contributed by atoms with Gasteiger partial charge in [0.1, 0.15) is 0 Å². The van der Waals surface area contributed by atoms with Crippen molar-refractivity contribution in [3.8, 4) is 0 Å². The molecule has 17 heavy (non-hydrogen) atoms. The Kier molecular flexibility index (Phi) is 4.44. The highest BCUT2D eigenvalue weighted by Crippen LogP contribution is 2.38. The van der Waals surface area contributed by atoms with Crippen LogP contribution in [0.15, 0.2) is 0 Å². The second-order valence-corrected chi connectivity index (χ2v) is 5.54. The van der Waals surface area contributed by atoms with E-state index in [0.717, 1.165) is 18.2 Å². The molecule has 0 spiro atoms. The number of halogens is 1. The summed E-state index contributed by atoms with van der Waals surface area (Å²) in [5.74, 6) is 0.208. The number of morpholine rings is 1. The molecule has 0 aromatic rings. The number of nitrogens with zero attached hydrogens (tertiary/aromatic N) is 1. The number of ether oxygens (including phenoxy) is 2. The fourth-order valence-electron chi connectivity index (χ4n) is 2.51. The molecule has 1 saturated carbocycles. The topological polar surface area (TPSA) is 38.8 Å². The SMILES string of the molecule is COC1(CC(=O)N2CCOCC2CBr)CCC1.